The zero-order chi connectivity index (χ0) is 9.26. The summed E-state index contributed by atoms with van der Waals surface area (Å²) in [7, 11) is 0. The molecule has 13 heavy (non-hydrogen) atoms. The van der Waals surface area contributed by atoms with Gasteiger partial charge in [-0.2, -0.15) is 0 Å². The smallest absolute Gasteiger partial charge is 0.236 e. The summed E-state index contributed by atoms with van der Waals surface area (Å²) in [5.74, 6) is 1.39. The van der Waals surface area contributed by atoms with Gasteiger partial charge in [-0.25, -0.2) is 4.98 Å². The molecule has 0 fully saturated rings. The minimum absolute atomic E-state index is 0.400. The van der Waals surface area contributed by atoms with Crippen LogP contribution in [0.15, 0.2) is 22.7 Å². The topological polar surface area (TPSA) is 52.0 Å². The first-order valence-corrected chi connectivity index (χ1v) is 4.83. The molecule has 0 atom stereocenters. The number of nitrogens with zero attached hydrogens (tertiary/aromatic N) is 1. The fourth-order valence-electron chi connectivity index (χ4n) is 1.07. The fraction of sp³-hybridized carbons (Fsp3) is 0.222. The van der Waals surface area contributed by atoms with Crippen LogP contribution >= 0.6 is 11.3 Å². The van der Waals surface area contributed by atoms with Crippen LogP contribution < -0.4 is 5.73 Å². The van der Waals surface area contributed by atoms with Gasteiger partial charge in [-0.1, -0.05) is 0 Å². The first-order valence-electron chi connectivity index (χ1n) is 4.01. The molecule has 2 aromatic rings. The molecular formula is C9H10N2OS. The van der Waals surface area contributed by atoms with E-state index < -0.39 is 0 Å². The van der Waals surface area contributed by atoms with E-state index >= 15 is 0 Å². The Hall–Kier alpha value is -1.13. The van der Waals surface area contributed by atoms with Crippen LogP contribution in [0.3, 0.4) is 0 Å². The molecule has 0 saturated heterocycles. The Morgan fingerprint density at radius 2 is 2.38 bits per heavy atom. The predicted molar refractivity (Wildman–Crippen MR) is 52.4 cm³/mol. The third-order valence-electron chi connectivity index (χ3n) is 1.71. The van der Waals surface area contributed by atoms with Gasteiger partial charge in [0.1, 0.15) is 5.76 Å². The van der Waals surface area contributed by atoms with Gasteiger partial charge in [-0.3, -0.25) is 0 Å². The summed E-state index contributed by atoms with van der Waals surface area (Å²) in [5, 5.41) is 0. The van der Waals surface area contributed by atoms with E-state index in [-0.39, 0.29) is 0 Å². The molecule has 0 spiro atoms. The lowest BCUT2D eigenvalue weighted by Crippen LogP contribution is -1.92. The van der Waals surface area contributed by atoms with E-state index in [1.54, 1.807) is 17.5 Å². The van der Waals surface area contributed by atoms with Gasteiger partial charge >= 0.3 is 0 Å². The highest BCUT2D eigenvalue weighted by Gasteiger charge is 2.06. The number of rotatable bonds is 2. The standard InChI is InChI=1S/C9H10N2OS/c1-6-2-3-8(13-6)9-11-5-7(4-10)12-9/h2-3,5H,4,10H2,1H3. The number of hydrogen-bond acceptors (Lipinski definition) is 4. The maximum absolute atomic E-state index is 5.42. The Labute approximate surface area is 80.2 Å². The highest BCUT2D eigenvalue weighted by Crippen LogP contribution is 2.26. The lowest BCUT2D eigenvalue weighted by Gasteiger charge is -1.87. The molecule has 0 bridgehead atoms. The monoisotopic (exact) mass is 194 g/mol. The van der Waals surface area contributed by atoms with E-state index in [0.717, 1.165) is 10.6 Å². The molecule has 0 aliphatic rings. The van der Waals surface area contributed by atoms with Crippen LogP contribution in [0, 0.1) is 6.92 Å². The van der Waals surface area contributed by atoms with Crippen LogP contribution in [-0.2, 0) is 6.54 Å². The van der Waals surface area contributed by atoms with Crippen LogP contribution in [0.4, 0.5) is 0 Å². The van der Waals surface area contributed by atoms with Crippen LogP contribution in [0.5, 0.6) is 0 Å². The molecular weight excluding hydrogens is 184 g/mol. The maximum atomic E-state index is 5.42. The van der Waals surface area contributed by atoms with E-state index in [2.05, 4.69) is 11.9 Å². The highest BCUT2D eigenvalue weighted by atomic mass is 32.1. The maximum Gasteiger partial charge on any atom is 0.236 e. The van der Waals surface area contributed by atoms with Crippen LogP contribution in [0.2, 0.25) is 0 Å². The molecule has 68 valence electrons. The number of oxazole rings is 1. The first kappa shape index (κ1) is 8.47. The molecule has 0 aromatic carbocycles. The van der Waals surface area contributed by atoms with Crippen molar-refractivity contribution in [2.45, 2.75) is 13.5 Å². The van der Waals surface area contributed by atoms with Crippen molar-refractivity contribution in [3.63, 3.8) is 0 Å². The minimum Gasteiger partial charge on any atom is -0.439 e. The minimum atomic E-state index is 0.400. The van der Waals surface area contributed by atoms with Gasteiger partial charge in [0.25, 0.3) is 0 Å². The number of aromatic nitrogens is 1. The number of aryl methyl sites for hydroxylation is 1. The summed E-state index contributed by atoms with van der Waals surface area (Å²) in [6.07, 6.45) is 1.67. The van der Waals surface area contributed by atoms with Crippen molar-refractivity contribution in [1.29, 1.82) is 0 Å². The molecule has 3 nitrogen and oxygen atoms in total. The van der Waals surface area contributed by atoms with Gasteiger partial charge < -0.3 is 10.2 Å². The molecule has 0 amide bonds. The second kappa shape index (κ2) is 3.32. The molecule has 2 N–H and O–H groups in total. The Bertz CT molecular complexity index is 405. The van der Waals surface area contributed by atoms with Crippen LogP contribution in [0.1, 0.15) is 10.6 Å². The lowest BCUT2D eigenvalue weighted by molar-refractivity contribution is 0.522. The molecule has 2 aromatic heterocycles. The summed E-state index contributed by atoms with van der Waals surface area (Å²) in [6.45, 7) is 2.46. The molecule has 4 heteroatoms. The third kappa shape index (κ3) is 1.64. The first-order chi connectivity index (χ1) is 6.29. The van der Waals surface area contributed by atoms with E-state index in [0.29, 0.717) is 12.4 Å². The molecule has 2 rings (SSSR count). The summed E-state index contributed by atoms with van der Waals surface area (Å²) < 4.78 is 5.41. The van der Waals surface area contributed by atoms with Crippen molar-refractivity contribution in [3.8, 4) is 10.8 Å². The summed E-state index contributed by atoms with van der Waals surface area (Å²) >= 11 is 1.67. The fourth-order valence-corrected chi connectivity index (χ4v) is 1.87. The van der Waals surface area contributed by atoms with Gasteiger partial charge in [0.2, 0.25) is 5.89 Å². The van der Waals surface area contributed by atoms with Gasteiger partial charge in [0.15, 0.2) is 0 Å². The van der Waals surface area contributed by atoms with E-state index in [4.69, 9.17) is 10.2 Å². The van der Waals surface area contributed by atoms with Crippen LogP contribution in [-0.4, -0.2) is 4.98 Å². The second-order valence-electron chi connectivity index (χ2n) is 2.75. The van der Waals surface area contributed by atoms with Gasteiger partial charge in [0, 0.05) is 4.88 Å². The van der Waals surface area contributed by atoms with Crippen LogP contribution in [0.25, 0.3) is 10.8 Å². The molecule has 0 unspecified atom stereocenters. The van der Waals surface area contributed by atoms with Crippen molar-refractivity contribution >= 4 is 11.3 Å². The molecule has 0 saturated carbocycles. The van der Waals surface area contributed by atoms with Gasteiger partial charge in [0.05, 0.1) is 17.6 Å². The predicted octanol–water partition coefficient (Wildman–Crippen LogP) is 2.17. The summed E-state index contributed by atoms with van der Waals surface area (Å²) in [6, 6.07) is 4.05. The van der Waals surface area contributed by atoms with Gasteiger partial charge in [-0.05, 0) is 19.1 Å². The Morgan fingerprint density at radius 3 is 2.92 bits per heavy atom. The Balaban J connectivity index is 2.35. The number of nitrogens with two attached hydrogens (primary N) is 1. The largest absolute Gasteiger partial charge is 0.439 e. The van der Waals surface area contributed by atoms with E-state index in [1.165, 1.54) is 4.88 Å². The molecule has 2 heterocycles. The zero-order valence-electron chi connectivity index (χ0n) is 7.28. The Morgan fingerprint density at radius 1 is 1.54 bits per heavy atom. The average molecular weight is 194 g/mol. The van der Waals surface area contributed by atoms with Crippen molar-refractivity contribution in [2.24, 2.45) is 5.73 Å². The Kier molecular flexibility index (Phi) is 2.16. The van der Waals surface area contributed by atoms with Crippen molar-refractivity contribution in [2.75, 3.05) is 0 Å². The SMILES string of the molecule is Cc1ccc(-c2ncc(CN)o2)s1. The number of hydrogen-bond donors (Lipinski definition) is 1. The molecule has 0 aliphatic carbocycles. The number of thiophene rings is 1. The normalized spacial score (nSPS) is 10.6. The third-order valence-corrected chi connectivity index (χ3v) is 2.69. The quantitative estimate of drug-likeness (QED) is 0.797. The van der Waals surface area contributed by atoms with Crippen molar-refractivity contribution in [3.05, 3.63) is 29.0 Å². The molecule has 0 radical (unpaired) electrons. The van der Waals surface area contributed by atoms with E-state index in [1.807, 2.05) is 12.1 Å². The van der Waals surface area contributed by atoms with Crippen molar-refractivity contribution < 1.29 is 4.42 Å². The van der Waals surface area contributed by atoms with Crippen molar-refractivity contribution in [1.82, 2.24) is 4.98 Å². The van der Waals surface area contributed by atoms with Gasteiger partial charge in [-0.15, -0.1) is 11.3 Å². The average Bonchev–Trinajstić information content (AvgIpc) is 2.71. The van der Waals surface area contributed by atoms with E-state index in [9.17, 15) is 0 Å². The zero-order valence-corrected chi connectivity index (χ0v) is 8.10. The summed E-state index contributed by atoms with van der Waals surface area (Å²) in [4.78, 5) is 6.44. The lowest BCUT2D eigenvalue weighted by atomic mass is 10.4. The highest BCUT2D eigenvalue weighted by molar-refractivity contribution is 7.15. The summed E-state index contributed by atoms with van der Waals surface area (Å²) in [5.41, 5.74) is 5.42. The second-order valence-corrected chi connectivity index (χ2v) is 4.03. The molecule has 0 aliphatic heterocycles.